The maximum absolute atomic E-state index is 12.9. The second kappa shape index (κ2) is 7.66. The number of hydrogen-bond acceptors (Lipinski definition) is 2. The number of fused-ring (bicyclic) bond motifs is 1. The Bertz CT molecular complexity index is 965. The summed E-state index contributed by atoms with van der Waals surface area (Å²) in [5.41, 5.74) is 1.84. The molecule has 3 aromatic rings. The maximum atomic E-state index is 12.9. The number of amides is 1. The number of hydrogen-bond donors (Lipinski definition) is 1. The van der Waals surface area contributed by atoms with Gasteiger partial charge in [-0.25, -0.2) is 0 Å². The maximum Gasteiger partial charge on any atom is 0.255 e. The lowest BCUT2D eigenvalue weighted by Crippen LogP contribution is -2.33. The van der Waals surface area contributed by atoms with Crippen molar-refractivity contribution in [2.75, 3.05) is 6.54 Å². The van der Waals surface area contributed by atoms with Crippen LogP contribution in [0.3, 0.4) is 0 Å². The first-order valence-corrected chi connectivity index (χ1v) is 9.04. The lowest BCUT2D eigenvalue weighted by atomic mass is 10.1. The van der Waals surface area contributed by atoms with Crippen molar-refractivity contribution in [3.05, 3.63) is 80.6 Å². The number of aromatic amines is 1. The van der Waals surface area contributed by atoms with Gasteiger partial charge in [0.05, 0.1) is 12.1 Å². The number of pyridine rings is 1. The van der Waals surface area contributed by atoms with Crippen molar-refractivity contribution in [2.24, 2.45) is 0 Å². The number of benzene rings is 2. The monoisotopic (exact) mass is 398 g/mol. The molecule has 0 bridgehead atoms. The van der Waals surface area contributed by atoms with E-state index < -0.39 is 0 Å². The van der Waals surface area contributed by atoms with Gasteiger partial charge in [0.25, 0.3) is 11.5 Å². The number of nitrogens with zero attached hydrogens (tertiary/aromatic N) is 1. The number of halogens is 1. The molecule has 0 unspecified atom stereocenters. The third kappa shape index (κ3) is 3.82. The summed E-state index contributed by atoms with van der Waals surface area (Å²) in [6, 6.07) is 16.9. The van der Waals surface area contributed by atoms with Crippen molar-refractivity contribution < 1.29 is 4.79 Å². The SMILES string of the molecule is CCCN(Cc1cc2ccccc2[nH]c1=O)C(=O)c1ccccc1Br. The summed E-state index contributed by atoms with van der Waals surface area (Å²) in [5.74, 6) is -0.0816. The number of H-pyrrole nitrogens is 1. The lowest BCUT2D eigenvalue weighted by molar-refractivity contribution is 0.0741. The van der Waals surface area contributed by atoms with Crippen LogP contribution >= 0.6 is 15.9 Å². The van der Waals surface area contributed by atoms with E-state index in [0.29, 0.717) is 17.7 Å². The zero-order valence-corrected chi connectivity index (χ0v) is 15.5. The number of carbonyl (C=O) groups excluding carboxylic acids is 1. The molecule has 25 heavy (non-hydrogen) atoms. The van der Waals surface area contributed by atoms with Crippen LogP contribution in [0.1, 0.15) is 29.3 Å². The molecule has 3 rings (SSSR count). The topological polar surface area (TPSA) is 53.2 Å². The highest BCUT2D eigenvalue weighted by Crippen LogP contribution is 2.19. The standard InChI is InChI=1S/C20H19BrN2O2/c1-2-11-23(20(25)16-8-4-5-9-17(16)21)13-15-12-14-7-3-6-10-18(14)22-19(15)24/h3-10,12H,2,11,13H2,1H3,(H,22,24). The summed E-state index contributed by atoms with van der Waals surface area (Å²) in [6.07, 6.45) is 0.821. The largest absolute Gasteiger partial charge is 0.334 e. The van der Waals surface area contributed by atoms with E-state index >= 15 is 0 Å². The normalized spacial score (nSPS) is 10.8. The molecule has 0 atom stereocenters. The third-order valence-corrected chi connectivity index (χ3v) is 4.77. The molecule has 0 aliphatic rings. The molecule has 1 amide bonds. The Morgan fingerprint density at radius 2 is 1.84 bits per heavy atom. The van der Waals surface area contributed by atoms with Crippen molar-refractivity contribution in [1.82, 2.24) is 9.88 Å². The van der Waals surface area contributed by atoms with Gasteiger partial charge in [-0.1, -0.05) is 37.3 Å². The molecular formula is C20H19BrN2O2. The van der Waals surface area contributed by atoms with E-state index in [-0.39, 0.29) is 18.0 Å². The van der Waals surface area contributed by atoms with Gasteiger partial charge in [-0.15, -0.1) is 0 Å². The molecule has 0 saturated heterocycles. The quantitative estimate of drug-likeness (QED) is 0.694. The highest BCUT2D eigenvalue weighted by Gasteiger charge is 2.19. The van der Waals surface area contributed by atoms with E-state index in [9.17, 15) is 9.59 Å². The number of aromatic nitrogens is 1. The second-order valence-corrected chi connectivity index (χ2v) is 6.77. The van der Waals surface area contributed by atoms with E-state index in [0.717, 1.165) is 21.8 Å². The first kappa shape index (κ1) is 17.4. The molecule has 0 aliphatic heterocycles. The third-order valence-electron chi connectivity index (χ3n) is 4.08. The Hall–Kier alpha value is -2.40. The molecule has 0 aliphatic carbocycles. The van der Waals surface area contributed by atoms with Gasteiger partial charge in [-0.05, 0) is 52.0 Å². The van der Waals surface area contributed by atoms with Crippen molar-refractivity contribution >= 4 is 32.7 Å². The highest BCUT2D eigenvalue weighted by atomic mass is 79.9. The first-order valence-electron chi connectivity index (χ1n) is 8.25. The molecule has 0 saturated carbocycles. The number of para-hydroxylation sites is 1. The summed E-state index contributed by atoms with van der Waals surface area (Å²) in [4.78, 5) is 29.9. The minimum atomic E-state index is -0.153. The van der Waals surface area contributed by atoms with Crippen molar-refractivity contribution in [3.63, 3.8) is 0 Å². The summed E-state index contributed by atoms with van der Waals surface area (Å²) < 4.78 is 0.758. The molecule has 1 N–H and O–H groups in total. The number of rotatable bonds is 5. The predicted molar refractivity (Wildman–Crippen MR) is 104 cm³/mol. The minimum absolute atomic E-state index is 0.0816. The second-order valence-electron chi connectivity index (χ2n) is 5.92. The fourth-order valence-electron chi connectivity index (χ4n) is 2.84. The number of carbonyl (C=O) groups is 1. The summed E-state index contributed by atoms with van der Waals surface area (Å²) in [6.45, 7) is 2.89. The smallest absolute Gasteiger partial charge is 0.255 e. The van der Waals surface area contributed by atoms with Crippen LogP contribution in [0.4, 0.5) is 0 Å². The molecule has 128 valence electrons. The Morgan fingerprint density at radius 3 is 2.60 bits per heavy atom. The summed E-state index contributed by atoms with van der Waals surface area (Å²) in [5, 5.41) is 0.960. The van der Waals surface area contributed by atoms with Gasteiger partial charge in [0, 0.05) is 22.1 Å². The van der Waals surface area contributed by atoms with Gasteiger partial charge in [0.1, 0.15) is 0 Å². The van der Waals surface area contributed by atoms with E-state index in [2.05, 4.69) is 20.9 Å². The lowest BCUT2D eigenvalue weighted by Gasteiger charge is -2.22. The van der Waals surface area contributed by atoms with Crippen LogP contribution in [0.5, 0.6) is 0 Å². The zero-order chi connectivity index (χ0) is 17.8. The molecular weight excluding hydrogens is 380 g/mol. The Kier molecular flexibility index (Phi) is 5.34. The Labute approximate surface area is 154 Å². The summed E-state index contributed by atoms with van der Waals surface area (Å²) in [7, 11) is 0. The van der Waals surface area contributed by atoms with Crippen LogP contribution in [-0.2, 0) is 6.54 Å². The van der Waals surface area contributed by atoms with Crippen LogP contribution < -0.4 is 5.56 Å². The molecule has 0 fully saturated rings. The van der Waals surface area contributed by atoms with Crippen molar-refractivity contribution in [1.29, 1.82) is 0 Å². The van der Waals surface area contributed by atoms with E-state index in [1.165, 1.54) is 0 Å². The van der Waals surface area contributed by atoms with E-state index in [1.54, 1.807) is 11.0 Å². The highest BCUT2D eigenvalue weighted by molar-refractivity contribution is 9.10. The van der Waals surface area contributed by atoms with Gasteiger partial charge in [0.15, 0.2) is 0 Å². The van der Waals surface area contributed by atoms with Gasteiger partial charge >= 0.3 is 0 Å². The predicted octanol–water partition coefficient (Wildman–Crippen LogP) is 4.34. The molecule has 1 aromatic heterocycles. The minimum Gasteiger partial charge on any atom is -0.334 e. The van der Waals surface area contributed by atoms with Crippen LogP contribution in [0.25, 0.3) is 10.9 Å². The van der Waals surface area contributed by atoms with Gasteiger partial charge in [-0.3, -0.25) is 9.59 Å². The van der Waals surface area contributed by atoms with Gasteiger partial charge in [0.2, 0.25) is 0 Å². The first-order chi connectivity index (χ1) is 12.1. The van der Waals surface area contributed by atoms with Gasteiger partial charge in [-0.2, -0.15) is 0 Å². The van der Waals surface area contributed by atoms with Crippen LogP contribution in [0.15, 0.2) is 63.9 Å². The van der Waals surface area contributed by atoms with E-state index in [1.807, 2.05) is 55.5 Å². The average molecular weight is 399 g/mol. The Morgan fingerprint density at radius 1 is 1.12 bits per heavy atom. The Balaban J connectivity index is 1.95. The molecule has 1 heterocycles. The zero-order valence-electron chi connectivity index (χ0n) is 14.0. The average Bonchev–Trinajstić information content (AvgIpc) is 2.61. The van der Waals surface area contributed by atoms with Crippen LogP contribution in [-0.4, -0.2) is 22.3 Å². The van der Waals surface area contributed by atoms with Crippen molar-refractivity contribution in [3.8, 4) is 0 Å². The number of nitrogens with one attached hydrogen (secondary N) is 1. The van der Waals surface area contributed by atoms with Crippen LogP contribution in [0, 0.1) is 0 Å². The molecule has 0 spiro atoms. The molecule has 0 radical (unpaired) electrons. The summed E-state index contributed by atoms with van der Waals surface area (Å²) >= 11 is 3.43. The fraction of sp³-hybridized carbons (Fsp3) is 0.200. The fourth-order valence-corrected chi connectivity index (χ4v) is 3.30. The van der Waals surface area contributed by atoms with Crippen LogP contribution in [0.2, 0.25) is 0 Å². The van der Waals surface area contributed by atoms with Crippen molar-refractivity contribution in [2.45, 2.75) is 19.9 Å². The van der Waals surface area contributed by atoms with E-state index in [4.69, 9.17) is 0 Å². The van der Waals surface area contributed by atoms with Gasteiger partial charge < -0.3 is 9.88 Å². The molecule has 4 nitrogen and oxygen atoms in total. The molecule has 5 heteroatoms. The molecule has 2 aromatic carbocycles.